The fourth-order valence-electron chi connectivity index (χ4n) is 1.97. The Labute approximate surface area is 104 Å². The minimum Gasteiger partial charge on any atom is -0.465 e. The molecule has 0 saturated carbocycles. The summed E-state index contributed by atoms with van der Waals surface area (Å²) in [5.74, 6) is -0.666. The Morgan fingerprint density at radius 2 is 2.28 bits per heavy atom. The molecule has 0 spiro atoms. The molecule has 1 saturated heterocycles. The maximum atomic E-state index is 11.6. The van der Waals surface area contributed by atoms with E-state index in [1.165, 1.54) is 24.1 Å². The number of aliphatic hydroxyl groups is 1. The van der Waals surface area contributed by atoms with Crippen LogP contribution in [0.5, 0.6) is 0 Å². The molecule has 0 bridgehead atoms. The molecule has 3 N–H and O–H groups in total. The number of ether oxygens (including phenoxy) is 1. The minimum absolute atomic E-state index is 0.0954. The molecule has 0 aliphatic carbocycles. The molecule has 1 aromatic carbocycles. The van der Waals surface area contributed by atoms with Gasteiger partial charge < -0.3 is 20.5 Å². The number of β-amino-alcohol motifs (C(OH)–C–C–N with tert-alkyl or cyclic N) is 1. The van der Waals surface area contributed by atoms with E-state index >= 15 is 0 Å². The van der Waals surface area contributed by atoms with Gasteiger partial charge in [-0.15, -0.1) is 0 Å². The second-order valence-corrected chi connectivity index (χ2v) is 4.13. The summed E-state index contributed by atoms with van der Waals surface area (Å²) in [7, 11) is 1.28. The summed E-state index contributed by atoms with van der Waals surface area (Å²) < 4.78 is 4.58. The van der Waals surface area contributed by atoms with Crippen molar-refractivity contribution in [2.75, 3.05) is 24.3 Å². The standard InChI is InChI=1S/C12H14N2O4/c1-18-12(17)7-2-3-10(9(13)4-7)14-6-8(15)5-11(14)16/h2-4,8,15H,5-6,13H2,1H3. The first-order chi connectivity index (χ1) is 8.52. The third kappa shape index (κ3) is 2.14. The summed E-state index contributed by atoms with van der Waals surface area (Å²) in [6.45, 7) is 0.223. The predicted octanol–water partition coefficient (Wildman–Crippen LogP) is 0.153. The molecule has 1 fully saturated rings. The number of esters is 1. The largest absolute Gasteiger partial charge is 0.465 e. The summed E-state index contributed by atoms with van der Waals surface area (Å²) in [6.07, 6.45) is -0.574. The number of amides is 1. The Morgan fingerprint density at radius 3 is 2.78 bits per heavy atom. The van der Waals surface area contributed by atoms with Crippen molar-refractivity contribution < 1.29 is 19.4 Å². The van der Waals surface area contributed by atoms with E-state index in [9.17, 15) is 14.7 Å². The van der Waals surface area contributed by atoms with Crippen LogP contribution in [0.4, 0.5) is 11.4 Å². The number of rotatable bonds is 2. The first-order valence-corrected chi connectivity index (χ1v) is 5.49. The molecule has 2 rings (SSSR count). The van der Waals surface area contributed by atoms with Crippen LogP contribution in [0.3, 0.4) is 0 Å². The van der Waals surface area contributed by atoms with Gasteiger partial charge in [-0.25, -0.2) is 4.79 Å². The molecule has 0 radical (unpaired) electrons. The van der Waals surface area contributed by atoms with Crippen LogP contribution in [-0.2, 0) is 9.53 Å². The van der Waals surface area contributed by atoms with E-state index in [0.29, 0.717) is 16.9 Å². The molecule has 1 amide bonds. The molecule has 1 aliphatic heterocycles. The molecule has 96 valence electrons. The van der Waals surface area contributed by atoms with Crippen LogP contribution < -0.4 is 10.6 Å². The first kappa shape index (κ1) is 12.4. The van der Waals surface area contributed by atoms with E-state index in [1.807, 2.05) is 0 Å². The van der Waals surface area contributed by atoms with Gasteiger partial charge in [0.25, 0.3) is 0 Å². The van der Waals surface area contributed by atoms with Gasteiger partial charge in [0.15, 0.2) is 0 Å². The number of benzene rings is 1. The number of anilines is 2. The maximum Gasteiger partial charge on any atom is 0.337 e. The molecule has 1 atom stereocenters. The molecule has 1 heterocycles. The molecular weight excluding hydrogens is 236 g/mol. The number of hydrogen-bond donors (Lipinski definition) is 2. The highest BCUT2D eigenvalue weighted by Gasteiger charge is 2.30. The number of nitrogen functional groups attached to an aromatic ring is 1. The normalized spacial score (nSPS) is 19.1. The topological polar surface area (TPSA) is 92.9 Å². The van der Waals surface area contributed by atoms with E-state index in [1.54, 1.807) is 6.07 Å². The third-order valence-corrected chi connectivity index (χ3v) is 2.84. The lowest BCUT2D eigenvalue weighted by atomic mass is 10.1. The number of aliphatic hydroxyl groups excluding tert-OH is 1. The summed E-state index contributed by atoms with van der Waals surface area (Å²) in [6, 6.07) is 4.58. The molecule has 1 aliphatic rings. The van der Waals surface area contributed by atoms with Gasteiger partial charge in [0.2, 0.25) is 5.91 Å². The van der Waals surface area contributed by atoms with Crippen molar-refractivity contribution in [3.63, 3.8) is 0 Å². The zero-order chi connectivity index (χ0) is 13.3. The van der Waals surface area contributed by atoms with Crippen LogP contribution in [0, 0.1) is 0 Å². The lowest BCUT2D eigenvalue weighted by molar-refractivity contribution is -0.117. The second kappa shape index (κ2) is 4.66. The molecule has 6 heteroatoms. The van der Waals surface area contributed by atoms with Gasteiger partial charge in [-0.3, -0.25) is 4.79 Å². The average molecular weight is 250 g/mol. The van der Waals surface area contributed by atoms with Gasteiger partial charge in [-0.05, 0) is 18.2 Å². The molecule has 1 unspecified atom stereocenters. The van der Waals surface area contributed by atoms with E-state index in [2.05, 4.69) is 4.74 Å². The lowest BCUT2D eigenvalue weighted by Gasteiger charge is -2.18. The van der Waals surface area contributed by atoms with Crippen molar-refractivity contribution in [3.8, 4) is 0 Å². The van der Waals surface area contributed by atoms with Gasteiger partial charge >= 0.3 is 5.97 Å². The number of hydrogen-bond acceptors (Lipinski definition) is 5. The number of nitrogens with zero attached hydrogens (tertiary/aromatic N) is 1. The van der Waals surface area contributed by atoms with E-state index in [-0.39, 0.29) is 18.9 Å². The van der Waals surface area contributed by atoms with E-state index in [4.69, 9.17) is 5.73 Å². The van der Waals surface area contributed by atoms with E-state index < -0.39 is 12.1 Å². The smallest absolute Gasteiger partial charge is 0.337 e. The van der Waals surface area contributed by atoms with Crippen molar-refractivity contribution >= 4 is 23.3 Å². The van der Waals surface area contributed by atoms with Crippen LogP contribution in [0.15, 0.2) is 18.2 Å². The van der Waals surface area contributed by atoms with Crippen molar-refractivity contribution in [2.45, 2.75) is 12.5 Å². The van der Waals surface area contributed by atoms with Gasteiger partial charge in [0.05, 0.1) is 43.1 Å². The van der Waals surface area contributed by atoms with Crippen LogP contribution in [0.25, 0.3) is 0 Å². The number of methoxy groups -OCH3 is 1. The minimum atomic E-state index is -0.669. The highest BCUT2D eigenvalue weighted by molar-refractivity contribution is 6.00. The zero-order valence-electron chi connectivity index (χ0n) is 9.92. The monoisotopic (exact) mass is 250 g/mol. The summed E-state index contributed by atoms with van der Waals surface area (Å²) in [5, 5.41) is 9.43. The molecule has 18 heavy (non-hydrogen) atoms. The van der Waals surface area contributed by atoms with Crippen LogP contribution >= 0.6 is 0 Å². The van der Waals surface area contributed by atoms with Crippen molar-refractivity contribution in [2.24, 2.45) is 0 Å². The summed E-state index contributed by atoms with van der Waals surface area (Å²) in [4.78, 5) is 24.4. The first-order valence-electron chi connectivity index (χ1n) is 5.49. The third-order valence-electron chi connectivity index (χ3n) is 2.84. The fourth-order valence-corrected chi connectivity index (χ4v) is 1.97. The average Bonchev–Trinajstić information content (AvgIpc) is 2.67. The predicted molar refractivity (Wildman–Crippen MR) is 65.2 cm³/mol. The molecule has 6 nitrogen and oxygen atoms in total. The Hall–Kier alpha value is -2.08. The lowest BCUT2D eigenvalue weighted by Crippen LogP contribution is -2.26. The summed E-state index contributed by atoms with van der Waals surface area (Å²) >= 11 is 0. The Bertz CT molecular complexity index is 501. The van der Waals surface area contributed by atoms with Gasteiger partial charge in [-0.2, -0.15) is 0 Å². The van der Waals surface area contributed by atoms with Gasteiger partial charge in [-0.1, -0.05) is 0 Å². The van der Waals surface area contributed by atoms with Crippen LogP contribution in [0.1, 0.15) is 16.8 Å². The Balaban J connectivity index is 2.30. The SMILES string of the molecule is COC(=O)c1ccc(N2CC(O)CC2=O)c(N)c1. The van der Waals surface area contributed by atoms with E-state index in [0.717, 1.165) is 0 Å². The van der Waals surface area contributed by atoms with Gasteiger partial charge in [0.1, 0.15) is 0 Å². The van der Waals surface area contributed by atoms with Crippen LogP contribution in [0.2, 0.25) is 0 Å². The van der Waals surface area contributed by atoms with Crippen molar-refractivity contribution in [3.05, 3.63) is 23.8 Å². The molecule has 1 aromatic rings. The van der Waals surface area contributed by atoms with Crippen molar-refractivity contribution in [1.29, 1.82) is 0 Å². The maximum absolute atomic E-state index is 11.6. The highest BCUT2D eigenvalue weighted by Crippen LogP contribution is 2.28. The van der Waals surface area contributed by atoms with Gasteiger partial charge in [0, 0.05) is 0 Å². The van der Waals surface area contributed by atoms with Crippen LogP contribution in [-0.4, -0.2) is 36.7 Å². The Morgan fingerprint density at radius 1 is 1.56 bits per heavy atom. The quantitative estimate of drug-likeness (QED) is 0.576. The number of nitrogens with two attached hydrogens (primary N) is 1. The number of carbonyl (C=O) groups excluding carboxylic acids is 2. The zero-order valence-corrected chi connectivity index (χ0v) is 9.92. The number of carbonyl (C=O) groups is 2. The fraction of sp³-hybridized carbons (Fsp3) is 0.333. The highest BCUT2D eigenvalue weighted by atomic mass is 16.5. The molecular formula is C12H14N2O4. The summed E-state index contributed by atoms with van der Waals surface area (Å²) in [5.41, 5.74) is 6.95. The van der Waals surface area contributed by atoms with Crippen molar-refractivity contribution in [1.82, 2.24) is 0 Å². The second-order valence-electron chi connectivity index (χ2n) is 4.13. The Kier molecular flexibility index (Phi) is 3.20. The molecule has 0 aromatic heterocycles.